The van der Waals surface area contributed by atoms with Gasteiger partial charge in [0.25, 0.3) is 0 Å². The molecule has 1 N–H and O–H groups in total. The van der Waals surface area contributed by atoms with Crippen molar-refractivity contribution in [2.75, 3.05) is 0 Å². The summed E-state index contributed by atoms with van der Waals surface area (Å²) in [5, 5.41) is 1.19. The zero-order chi connectivity index (χ0) is 13.2. The number of rotatable bonds is 3. The maximum Gasteiger partial charge on any atom is 0.128 e. The van der Waals surface area contributed by atoms with Gasteiger partial charge in [0.2, 0.25) is 0 Å². The smallest absolute Gasteiger partial charge is 0.128 e. The fourth-order valence-corrected chi connectivity index (χ4v) is 2.61. The first kappa shape index (κ1) is 12.3. The normalized spacial score (nSPS) is 10.8. The number of aromatic amines is 1. The summed E-state index contributed by atoms with van der Waals surface area (Å²) in [5.41, 5.74) is 3.35. The Morgan fingerprint density at radius 3 is 2.74 bits per heavy atom. The Labute approximate surface area is 120 Å². The minimum absolute atomic E-state index is 0.548. The molecular weight excluding hydrogens is 302 g/mol. The van der Waals surface area contributed by atoms with Crippen LogP contribution in [-0.2, 0) is 6.61 Å². The van der Waals surface area contributed by atoms with Gasteiger partial charge in [0.15, 0.2) is 0 Å². The van der Waals surface area contributed by atoms with Crippen molar-refractivity contribution in [3.05, 3.63) is 64.3 Å². The Morgan fingerprint density at radius 2 is 1.95 bits per heavy atom. The van der Waals surface area contributed by atoms with Crippen molar-refractivity contribution in [3.8, 4) is 5.75 Å². The lowest BCUT2D eigenvalue weighted by atomic mass is 10.2. The van der Waals surface area contributed by atoms with Crippen molar-refractivity contribution in [2.24, 2.45) is 0 Å². The van der Waals surface area contributed by atoms with Crippen LogP contribution in [0.5, 0.6) is 5.75 Å². The van der Waals surface area contributed by atoms with Gasteiger partial charge in [-0.25, -0.2) is 0 Å². The first-order chi connectivity index (χ1) is 9.24. The summed E-state index contributed by atoms with van der Waals surface area (Å²) in [6.07, 6.45) is 0. The lowest BCUT2D eigenvalue weighted by molar-refractivity contribution is 0.300. The molecule has 0 bridgehead atoms. The quantitative estimate of drug-likeness (QED) is 0.736. The molecule has 2 nitrogen and oxygen atoms in total. The molecule has 0 saturated carbocycles. The molecule has 19 heavy (non-hydrogen) atoms. The minimum Gasteiger partial charge on any atom is -0.487 e. The predicted octanol–water partition coefficient (Wildman–Crippen LogP) is 4.82. The molecule has 1 aromatic heterocycles. The summed E-state index contributed by atoms with van der Waals surface area (Å²) >= 11 is 3.56. The second-order valence-electron chi connectivity index (χ2n) is 4.55. The Morgan fingerprint density at radius 1 is 1.11 bits per heavy atom. The van der Waals surface area contributed by atoms with Crippen LogP contribution in [0.3, 0.4) is 0 Å². The summed E-state index contributed by atoms with van der Waals surface area (Å²) < 4.78 is 6.95. The molecule has 0 aliphatic rings. The highest BCUT2D eigenvalue weighted by atomic mass is 79.9. The fraction of sp³-hybridized carbons (Fsp3) is 0.125. The van der Waals surface area contributed by atoms with E-state index in [0.29, 0.717) is 6.61 Å². The molecule has 0 unspecified atom stereocenters. The zero-order valence-electron chi connectivity index (χ0n) is 10.6. The number of hydrogen-bond donors (Lipinski definition) is 1. The number of aryl methyl sites for hydroxylation is 1. The lowest BCUT2D eigenvalue weighted by Gasteiger charge is -2.07. The molecule has 2 aromatic carbocycles. The number of halogens is 1. The second kappa shape index (κ2) is 5.10. The molecule has 0 fully saturated rings. The van der Waals surface area contributed by atoms with E-state index >= 15 is 0 Å². The van der Waals surface area contributed by atoms with Gasteiger partial charge < -0.3 is 9.72 Å². The molecule has 3 aromatic rings. The van der Waals surface area contributed by atoms with Gasteiger partial charge in [-0.3, -0.25) is 0 Å². The molecule has 0 amide bonds. The average molecular weight is 316 g/mol. The van der Waals surface area contributed by atoms with Crippen LogP contribution in [0.25, 0.3) is 10.9 Å². The lowest BCUT2D eigenvalue weighted by Crippen LogP contribution is -1.96. The van der Waals surface area contributed by atoms with Gasteiger partial charge in [-0.05, 0) is 36.8 Å². The van der Waals surface area contributed by atoms with Crippen LogP contribution in [0.1, 0.15) is 11.3 Å². The van der Waals surface area contributed by atoms with E-state index in [1.54, 1.807) is 0 Å². The summed E-state index contributed by atoms with van der Waals surface area (Å²) in [6.45, 7) is 2.60. The molecular formula is C16H14BrNO. The summed E-state index contributed by atoms with van der Waals surface area (Å²) in [5.74, 6) is 0.931. The fourth-order valence-electron chi connectivity index (χ4n) is 2.13. The Hall–Kier alpha value is -1.74. The third kappa shape index (κ3) is 2.51. The summed E-state index contributed by atoms with van der Waals surface area (Å²) in [7, 11) is 0. The topological polar surface area (TPSA) is 25.0 Å². The van der Waals surface area contributed by atoms with Crippen molar-refractivity contribution >= 4 is 26.8 Å². The van der Waals surface area contributed by atoms with Crippen LogP contribution in [0, 0.1) is 6.92 Å². The first-order valence-electron chi connectivity index (χ1n) is 6.18. The highest BCUT2D eigenvalue weighted by Gasteiger charge is 2.05. The monoisotopic (exact) mass is 315 g/mol. The molecule has 3 heteroatoms. The summed E-state index contributed by atoms with van der Waals surface area (Å²) in [4.78, 5) is 3.37. The Balaban J connectivity index is 1.83. The van der Waals surface area contributed by atoms with Gasteiger partial charge in [0.05, 0.1) is 5.69 Å². The molecule has 96 valence electrons. The van der Waals surface area contributed by atoms with Gasteiger partial charge in [0, 0.05) is 15.4 Å². The maximum absolute atomic E-state index is 5.85. The number of para-hydroxylation sites is 1. The molecule has 0 saturated heterocycles. The van der Waals surface area contributed by atoms with E-state index in [1.807, 2.05) is 30.3 Å². The van der Waals surface area contributed by atoms with E-state index in [0.717, 1.165) is 27.0 Å². The number of H-pyrrole nitrogens is 1. The van der Waals surface area contributed by atoms with Crippen LogP contribution in [-0.4, -0.2) is 4.98 Å². The molecule has 0 aliphatic heterocycles. The van der Waals surface area contributed by atoms with Crippen molar-refractivity contribution in [1.29, 1.82) is 0 Å². The highest BCUT2D eigenvalue weighted by Crippen LogP contribution is 2.25. The number of benzene rings is 2. The number of nitrogens with one attached hydrogen (secondary N) is 1. The molecule has 0 aliphatic carbocycles. The van der Waals surface area contributed by atoms with E-state index in [-0.39, 0.29) is 0 Å². The van der Waals surface area contributed by atoms with Crippen LogP contribution in [0.2, 0.25) is 0 Å². The van der Waals surface area contributed by atoms with E-state index < -0.39 is 0 Å². The number of fused-ring (bicyclic) bond motifs is 1. The van der Waals surface area contributed by atoms with Gasteiger partial charge in [-0.15, -0.1) is 0 Å². The predicted molar refractivity (Wildman–Crippen MR) is 81.5 cm³/mol. The van der Waals surface area contributed by atoms with Crippen LogP contribution in [0.15, 0.2) is 53.0 Å². The molecule has 0 radical (unpaired) electrons. The third-order valence-electron chi connectivity index (χ3n) is 3.14. The zero-order valence-corrected chi connectivity index (χ0v) is 12.2. The maximum atomic E-state index is 5.85. The molecule has 3 rings (SSSR count). The summed E-state index contributed by atoms with van der Waals surface area (Å²) in [6, 6.07) is 16.3. The van der Waals surface area contributed by atoms with Crippen LogP contribution >= 0.6 is 15.9 Å². The SMILES string of the molecule is Cc1ccccc1OCc1cc2c(Br)cccc2[nH]1. The van der Waals surface area contributed by atoms with Crippen molar-refractivity contribution < 1.29 is 4.74 Å². The first-order valence-corrected chi connectivity index (χ1v) is 6.98. The van der Waals surface area contributed by atoms with E-state index in [1.165, 1.54) is 5.39 Å². The second-order valence-corrected chi connectivity index (χ2v) is 5.40. The van der Waals surface area contributed by atoms with Crippen molar-refractivity contribution in [1.82, 2.24) is 4.98 Å². The van der Waals surface area contributed by atoms with Gasteiger partial charge >= 0.3 is 0 Å². The van der Waals surface area contributed by atoms with Crippen molar-refractivity contribution in [2.45, 2.75) is 13.5 Å². The van der Waals surface area contributed by atoms with Crippen LogP contribution < -0.4 is 4.74 Å². The van der Waals surface area contributed by atoms with E-state index in [2.05, 4.69) is 46.0 Å². The van der Waals surface area contributed by atoms with Gasteiger partial charge in [-0.2, -0.15) is 0 Å². The Bertz CT molecular complexity index is 718. The number of aromatic nitrogens is 1. The third-order valence-corrected chi connectivity index (χ3v) is 3.83. The largest absolute Gasteiger partial charge is 0.487 e. The average Bonchev–Trinajstić information content (AvgIpc) is 2.82. The highest BCUT2D eigenvalue weighted by molar-refractivity contribution is 9.10. The Kier molecular flexibility index (Phi) is 3.30. The number of hydrogen-bond acceptors (Lipinski definition) is 1. The number of ether oxygens (including phenoxy) is 1. The standard InChI is InChI=1S/C16H14BrNO/c1-11-5-2-3-8-16(11)19-10-12-9-13-14(17)6-4-7-15(13)18-12/h2-9,18H,10H2,1H3. The molecule has 0 atom stereocenters. The molecule has 1 heterocycles. The van der Waals surface area contributed by atoms with Gasteiger partial charge in [0.1, 0.15) is 12.4 Å². The van der Waals surface area contributed by atoms with Crippen LogP contribution in [0.4, 0.5) is 0 Å². The minimum atomic E-state index is 0.548. The van der Waals surface area contributed by atoms with Gasteiger partial charge in [-0.1, -0.05) is 40.2 Å². The van der Waals surface area contributed by atoms with E-state index in [9.17, 15) is 0 Å². The van der Waals surface area contributed by atoms with Crippen molar-refractivity contribution in [3.63, 3.8) is 0 Å². The molecule has 0 spiro atoms. The van der Waals surface area contributed by atoms with E-state index in [4.69, 9.17) is 4.74 Å².